The van der Waals surface area contributed by atoms with Gasteiger partial charge in [-0.2, -0.15) is 0 Å². The molecule has 3 rings (SSSR count). The Morgan fingerprint density at radius 2 is 1.88 bits per heavy atom. The molecule has 0 aliphatic carbocycles. The second-order valence-electron chi connectivity index (χ2n) is 6.97. The Hall–Kier alpha value is -2.34. The summed E-state index contributed by atoms with van der Waals surface area (Å²) in [6.45, 7) is 6.66. The number of nitrogens with one attached hydrogen (secondary N) is 1. The number of fused-ring (bicyclic) bond motifs is 1. The maximum absolute atomic E-state index is 12.6. The molecule has 1 aliphatic rings. The molecule has 5 nitrogen and oxygen atoms in total. The van der Waals surface area contributed by atoms with Crippen LogP contribution >= 0.6 is 0 Å². The highest BCUT2D eigenvalue weighted by Gasteiger charge is 2.20. The average molecular weight is 372 g/mol. The lowest BCUT2D eigenvalue weighted by Gasteiger charge is -2.28. The highest BCUT2D eigenvalue weighted by atomic mass is 32.2. The van der Waals surface area contributed by atoms with Gasteiger partial charge in [0.25, 0.3) is 0 Å². The standard InChI is InChI=1S/C20H24N2O3S/c1-14-4-5-15(2)19(10-14)13-26(24,25)21-20-7-6-17-8-9-22(16(3)23)12-18(17)11-20/h4-7,10-11,21H,8-9,12-13H2,1-3H3. The summed E-state index contributed by atoms with van der Waals surface area (Å²) >= 11 is 0. The van der Waals surface area contributed by atoms with E-state index < -0.39 is 10.0 Å². The van der Waals surface area contributed by atoms with Crippen LogP contribution in [0, 0.1) is 13.8 Å². The van der Waals surface area contributed by atoms with E-state index in [4.69, 9.17) is 0 Å². The zero-order valence-corrected chi connectivity index (χ0v) is 16.2. The van der Waals surface area contributed by atoms with Crippen LogP contribution in [-0.4, -0.2) is 25.8 Å². The minimum Gasteiger partial charge on any atom is -0.338 e. The van der Waals surface area contributed by atoms with Crippen LogP contribution in [0.15, 0.2) is 36.4 Å². The number of benzene rings is 2. The van der Waals surface area contributed by atoms with Crippen LogP contribution in [-0.2, 0) is 33.5 Å². The van der Waals surface area contributed by atoms with Crippen molar-refractivity contribution in [2.75, 3.05) is 11.3 Å². The molecule has 0 fully saturated rings. The molecule has 1 heterocycles. The van der Waals surface area contributed by atoms with Crippen LogP contribution in [0.5, 0.6) is 0 Å². The van der Waals surface area contributed by atoms with Gasteiger partial charge in [0.2, 0.25) is 15.9 Å². The summed E-state index contributed by atoms with van der Waals surface area (Å²) in [6, 6.07) is 11.4. The number of hydrogen-bond acceptors (Lipinski definition) is 3. The van der Waals surface area contributed by atoms with E-state index in [1.807, 2.05) is 44.2 Å². The van der Waals surface area contributed by atoms with Crippen LogP contribution in [0.25, 0.3) is 0 Å². The molecule has 2 aromatic carbocycles. The van der Waals surface area contributed by atoms with Crippen molar-refractivity contribution in [2.45, 2.75) is 39.5 Å². The summed E-state index contributed by atoms with van der Waals surface area (Å²) in [6.07, 6.45) is 0.796. The maximum atomic E-state index is 12.6. The molecule has 0 spiro atoms. The van der Waals surface area contributed by atoms with Gasteiger partial charge in [-0.1, -0.05) is 29.8 Å². The third-order valence-corrected chi connectivity index (χ3v) is 6.03. The number of nitrogens with zero attached hydrogens (tertiary/aromatic N) is 1. The molecule has 0 radical (unpaired) electrons. The number of sulfonamides is 1. The SMILES string of the molecule is CC(=O)N1CCc2ccc(NS(=O)(=O)Cc3cc(C)ccc3C)cc2C1. The highest BCUT2D eigenvalue weighted by Crippen LogP contribution is 2.24. The van der Waals surface area contributed by atoms with E-state index in [0.717, 1.165) is 28.7 Å². The quantitative estimate of drug-likeness (QED) is 0.896. The molecular formula is C20H24N2O3S. The van der Waals surface area contributed by atoms with Gasteiger partial charge in [0.1, 0.15) is 0 Å². The van der Waals surface area contributed by atoms with Gasteiger partial charge < -0.3 is 4.90 Å². The molecule has 0 aromatic heterocycles. The van der Waals surface area contributed by atoms with Crippen molar-refractivity contribution in [1.29, 1.82) is 0 Å². The van der Waals surface area contributed by atoms with E-state index >= 15 is 0 Å². The average Bonchev–Trinajstić information content (AvgIpc) is 2.56. The van der Waals surface area contributed by atoms with E-state index in [1.165, 1.54) is 5.56 Å². The van der Waals surface area contributed by atoms with Gasteiger partial charge in [-0.05, 0) is 54.7 Å². The van der Waals surface area contributed by atoms with Gasteiger partial charge in [-0.15, -0.1) is 0 Å². The van der Waals surface area contributed by atoms with Crippen molar-refractivity contribution in [3.8, 4) is 0 Å². The van der Waals surface area contributed by atoms with Crippen molar-refractivity contribution in [1.82, 2.24) is 4.90 Å². The number of amides is 1. The zero-order chi connectivity index (χ0) is 18.9. The summed E-state index contributed by atoms with van der Waals surface area (Å²) in [7, 11) is -3.51. The van der Waals surface area contributed by atoms with Gasteiger partial charge in [-0.3, -0.25) is 9.52 Å². The van der Waals surface area contributed by atoms with Crippen LogP contribution in [0.1, 0.15) is 34.7 Å². The van der Waals surface area contributed by atoms with E-state index in [1.54, 1.807) is 17.9 Å². The molecule has 0 saturated heterocycles. The Balaban J connectivity index is 1.79. The summed E-state index contributed by atoms with van der Waals surface area (Å²) in [4.78, 5) is 13.4. The third-order valence-electron chi connectivity index (χ3n) is 4.79. The van der Waals surface area contributed by atoms with E-state index in [9.17, 15) is 13.2 Å². The highest BCUT2D eigenvalue weighted by molar-refractivity contribution is 7.91. The van der Waals surface area contributed by atoms with Gasteiger partial charge in [-0.25, -0.2) is 8.42 Å². The predicted octanol–water partition coefficient (Wildman–Crippen LogP) is 3.15. The topological polar surface area (TPSA) is 66.5 Å². The summed E-state index contributed by atoms with van der Waals surface area (Å²) < 4.78 is 27.9. The first-order chi connectivity index (χ1) is 12.2. The normalized spacial score (nSPS) is 14.0. The van der Waals surface area contributed by atoms with Crippen molar-refractivity contribution in [3.05, 3.63) is 64.2 Å². The Morgan fingerprint density at radius 3 is 2.62 bits per heavy atom. The molecule has 1 amide bonds. The molecule has 0 atom stereocenters. The number of anilines is 1. The molecule has 26 heavy (non-hydrogen) atoms. The van der Waals surface area contributed by atoms with Gasteiger partial charge in [0.05, 0.1) is 5.75 Å². The second kappa shape index (κ2) is 7.11. The van der Waals surface area contributed by atoms with E-state index in [0.29, 0.717) is 18.8 Å². The smallest absolute Gasteiger partial charge is 0.236 e. The third kappa shape index (κ3) is 4.25. The molecule has 0 bridgehead atoms. The summed E-state index contributed by atoms with van der Waals surface area (Å²) in [5.74, 6) is -0.0199. The Bertz CT molecular complexity index is 952. The lowest BCUT2D eigenvalue weighted by Crippen LogP contribution is -2.34. The molecule has 1 N–H and O–H groups in total. The number of carbonyl (C=O) groups is 1. The monoisotopic (exact) mass is 372 g/mol. The van der Waals surface area contributed by atoms with Crippen molar-refractivity contribution in [2.24, 2.45) is 0 Å². The fraction of sp³-hybridized carbons (Fsp3) is 0.350. The minimum atomic E-state index is -3.51. The molecule has 2 aromatic rings. The molecule has 0 saturated carbocycles. The second-order valence-corrected chi connectivity index (χ2v) is 8.69. The lowest BCUT2D eigenvalue weighted by molar-refractivity contribution is -0.129. The number of rotatable bonds is 4. The van der Waals surface area contributed by atoms with Crippen LogP contribution in [0.3, 0.4) is 0 Å². The van der Waals surface area contributed by atoms with Gasteiger partial charge in [0, 0.05) is 25.7 Å². The number of hydrogen-bond donors (Lipinski definition) is 1. The van der Waals surface area contributed by atoms with Crippen molar-refractivity contribution >= 4 is 21.6 Å². The molecular weight excluding hydrogens is 348 g/mol. The summed E-state index contributed by atoms with van der Waals surface area (Å²) in [5, 5.41) is 0. The van der Waals surface area contributed by atoms with E-state index in [-0.39, 0.29) is 11.7 Å². The fourth-order valence-corrected chi connectivity index (χ4v) is 4.54. The van der Waals surface area contributed by atoms with Crippen LogP contribution in [0.4, 0.5) is 5.69 Å². The number of aryl methyl sites for hydroxylation is 2. The zero-order valence-electron chi connectivity index (χ0n) is 15.4. The van der Waals surface area contributed by atoms with Crippen LogP contribution < -0.4 is 4.72 Å². The van der Waals surface area contributed by atoms with Gasteiger partial charge in [0.15, 0.2) is 0 Å². The largest absolute Gasteiger partial charge is 0.338 e. The fourth-order valence-electron chi connectivity index (χ4n) is 3.27. The van der Waals surface area contributed by atoms with Crippen LogP contribution in [0.2, 0.25) is 0 Å². The van der Waals surface area contributed by atoms with E-state index in [2.05, 4.69) is 4.72 Å². The Labute approximate surface area is 155 Å². The molecule has 0 unspecified atom stereocenters. The van der Waals surface area contributed by atoms with Crippen molar-refractivity contribution in [3.63, 3.8) is 0 Å². The first-order valence-corrected chi connectivity index (χ1v) is 10.3. The summed E-state index contributed by atoms with van der Waals surface area (Å²) in [5.41, 5.74) is 5.51. The molecule has 138 valence electrons. The Kier molecular flexibility index (Phi) is 5.05. The van der Waals surface area contributed by atoms with Crippen molar-refractivity contribution < 1.29 is 13.2 Å². The molecule has 6 heteroatoms. The first-order valence-electron chi connectivity index (χ1n) is 8.67. The molecule has 1 aliphatic heterocycles. The number of carbonyl (C=O) groups excluding carboxylic acids is 1. The maximum Gasteiger partial charge on any atom is 0.236 e. The predicted molar refractivity (Wildman–Crippen MR) is 103 cm³/mol. The Morgan fingerprint density at radius 1 is 1.12 bits per heavy atom. The minimum absolute atomic E-state index is 0.0385. The lowest BCUT2D eigenvalue weighted by atomic mass is 9.99. The first kappa shape index (κ1) is 18.5. The van der Waals surface area contributed by atoms with Gasteiger partial charge >= 0.3 is 0 Å².